The summed E-state index contributed by atoms with van der Waals surface area (Å²) in [6.45, 7) is 15.2. The quantitative estimate of drug-likeness (QED) is 0.180. The average molecular weight is 815 g/mol. The van der Waals surface area contributed by atoms with Gasteiger partial charge in [-0.3, -0.25) is 9.97 Å². The van der Waals surface area contributed by atoms with E-state index in [1.165, 1.54) is 22.7 Å². The summed E-state index contributed by atoms with van der Waals surface area (Å²) in [5, 5.41) is 23.6. The third kappa shape index (κ3) is 7.66. The van der Waals surface area contributed by atoms with Gasteiger partial charge in [0.05, 0.1) is 54.2 Å². The molecule has 2 aromatic carbocycles. The Balaban J connectivity index is 0.000000151. The maximum atomic E-state index is 15.1. The Kier molecular flexibility index (Phi) is 10.6. The van der Waals surface area contributed by atoms with E-state index in [9.17, 15) is 4.39 Å². The summed E-state index contributed by atoms with van der Waals surface area (Å²) in [7, 11) is 0. The Morgan fingerprint density at radius 2 is 1.05 bits per heavy atom. The van der Waals surface area contributed by atoms with Crippen molar-refractivity contribution in [3.8, 4) is 21.1 Å². The van der Waals surface area contributed by atoms with Crippen LogP contribution in [0.15, 0.2) is 48.5 Å². The zero-order valence-corrected chi connectivity index (χ0v) is 34.9. The van der Waals surface area contributed by atoms with Crippen molar-refractivity contribution in [2.45, 2.75) is 72.1 Å². The Morgan fingerprint density at radius 1 is 0.586 bits per heavy atom. The topological polar surface area (TPSA) is 118 Å². The number of nitrogens with zero attached hydrogens (tertiary/aromatic N) is 9. The van der Waals surface area contributed by atoms with Gasteiger partial charge in [0.25, 0.3) is 0 Å². The van der Waals surface area contributed by atoms with Crippen LogP contribution in [0.5, 0.6) is 0 Å². The van der Waals surface area contributed by atoms with Crippen molar-refractivity contribution in [3.63, 3.8) is 0 Å². The van der Waals surface area contributed by atoms with Crippen molar-refractivity contribution >= 4 is 64.9 Å². The number of hydrogen-bond donors (Lipinski definition) is 1. The minimum Gasteiger partial charge on any atom is -0.317 e. The number of hydrogen-bond acceptors (Lipinski definition) is 12. The van der Waals surface area contributed by atoms with E-state index in [0.29, 0.717) is 33.6 Å². The molecule has 58 heavy (non-hydrogen) atoms. The number of likely N-dealkylation sites (tertiary alicyclic amines) is 1. The lowest BCUT2D eigenvalue weighted by Gasteiger charge is -2.30. The van der Waals surface area contributed by atoms with Gasteiger partial charge in [0.1, 0.15) is 21.6 Å². The first-order valence-electron chi connectivity index (χ1n) is 20.0. The standard InChI is InChI=1S/C23H24FN5S.C21H20FN5S/c1-4-29-7-5-15(6-8-29)19-12-17-18(24)10-16(11-20(17)28-27-19)23-26-21-9-13(2)25-14(3)22(21)30-23;1-11-7-19-20(12(2)24-11)28-21(25-19)14-8-16(22)15-10-17(26-27-18(15)9-14)13-3-5-23-6-4-13/h9-12,15H,4-8H2,1-3H3;7-10,13,23H,3-6H2,1-2H3. The maximum absolute atomic E-state index is 15.1. The highest BCUT2D eigenvalue weighted by atomic mass is 32.1. The predicted octanol–water partition coefficient (Wildman–Crippen LogP) is 9.78. The van der Waals surface area contributed by atoms with E-state index >= 15 is 4.39 Å². The summed E-state index contributed by atoms with van der Waals surface area (Å²) in [5.41, 5.74) is 9.97. The molecule has 0 spiro atoms. The van der Waals surface area contributed by atoms with Gasteiger partial charge in [-0.05, 0) is 135 Å². The molecule has 0 atom stereocenters. The predicted molar refractivity (Wildman–Crippen MR) is 230 cm³/mol. The van der Waals surface area contributed by atoms with Crippen molar-refractivity contribution < 1.29 is 8.78 Å². The number of halogens is 2. The van der Waals surface area contributed by atoms with Gasteiger partial charge in [0, 0.05) is 45.1 Å². The Hall–Kier alpha value is -5.02. The van der Waals surface area contributed by atoms with E-state index in [1.807, 2.05) is 64.1 Å². The molecule has 2 aliphatic rings. The number of aryl methyl sites for hydroxylation is 4. The van der Waals surface area contributed by atoms with E-state index in [2.05, 4.69) is 47.5 Å². The molecule has 6 aromatic heterocycles. The van der Waals surface area contributed by atoms with Crippen molar-refractivity contribution in [2.24, 2.45) is 0 Å². The van der Waals surface area contributed by atoms with E-state index in [-0.39, 0.29) is 11.6 Å². The molecule has 8 heterocycles. The first kappa shape index (κ1) is 38.5. The number of thiazole rings is 2. The third-order valence-electron chi connectivity index (χ3n) is 11.4. The minimum absolute atomic E-state index is 0.269. The van der Waals surface area contributed by atoms with Gasteiger partial charge in [-0.1, -0.05) is 6.92 Å². The summed E-state index contributed by atoms with van der Waals surface area (Å²) in [5.74, 6) is 0.157. The van der Waals surface area contributed by atoms with Gasteiger partial charge in [0.15, 0.2) is 0 Å². The second kappa shape index (κ2) is 16.0. The second-order valence-corrected chi connectivity index (χ2v) is 17.5. The molecule has 2 fully saturated rings. The molecule has 2 saturated heterocycles. The van der Waals surface area contributed by atoms with Crippen molar-refractivity contribution in [1.29, 1.82) is 0 Å². The fourth-order valence-electron chi connectivity index (χ4n) is 8.26. The molecule has 2 aliphatic heterocycles. The number of rotatable bonds is 5. The molecule has 1 N–H and O–H groups in total. The average Bonchev–Trinajstić information content (AvgIpc) is 3.87. The smallest absolute Gasteiger partial charge is 0.133 e. The highest BCUT2D eigenvalue weighted by Crippen LogP contribution is 2.37. The SMILES string of the molecule is CCN1CCC(c2cc3c(F)cc(-c4nc5cc(C)nc(C)c5s4)cc3nn2)CC1.Cc1cc2nc(-c3cc(F)c4cc(C5CCNCC5)nnc4c3)sc2c(C)n1. The third-order valence-corrected chi connectivity index (χ3v) is 13.9. The zero-order valence-electron chi connectivity index (χ0n) is 33.2. The van der Waals surface area contributed by atoms with Crippen molar-refractivity contribution in [3.05, 3.63) is 94.3 Å². The fraction of sp³-hybridized carbons (Fsp3) is 0.364. The number of benzene rings is 2. The van der Waals surface area contributed by atoms with Gasteiger partial charge in [-0.15, -0.1) is 22.7 Å². The van der Waals surface area contributed by atoms with Crippen LogP contribution < -0.4 is 5.32 Å². The van der Waals surface area contributed by atoms with Crippen LogP contribution in [0.3, 0.4) is 0 Å². The van der Waals surface area contributed by atoms with Gasteiger partial charge in [0.2, 0.25) is 0 Å². The number of fused-ring (bicyclic) bond motifs is 4. The van der Waals surface area contributed by atoms with Gasteiger partial charge < -0.3 is 10.2 Å². The molecule has 296 valence electrons. The maximum Gasteiger partial charge on any atom is 0.133 e. The number of nitrogens with one attached hydrogen (secondary N) is 1. The molecule has 10 rings (SSSR count). The highest BCUT2D eigenvalue weighted by molar-refractivity contribution is 7.22. The lowest BCUT2D eigenvalue weighted by Crippen LogP contribution is -2.32. The van der Waals surface area contributed by atoms with Crippen LogP contribution in [0.4, 0.5) is 8.78 Å². The summed E-state index contributed by atoms with van der Waals surface area (Å²) < 4.78 is 32.1. The van der Waals surface area contributed by atoms with Crippen LogP contribution >= 0.6 is 22.7 Å². The monoisotopic (exact) mass is 814 g/mol. The number of piperidine rings is 2. The summed E-state index contributed by atoms with van der Waals surface area (Å²) in [6.07, 6.45) is 4.12. The second-order valence-electron chi connectivity index (χ2n) is 15.5. The molecule has 0 radical (unpaired) electrons. The first-order valence-corrected chi connectivity index (χ1v) is 21.6. The highest BCUT2D eigenvalue weighted by Gasteiger charge is 2.23. The van der Waals surface area contributed by atoms with Crippen LogP contribution in [0.2, 0.25) is 0 Å². The van der Waals surface area contributed by atoms with Gasteiger partial charge >= 0.3 is 0 Å². The van der Waals surface area contributed by atoms with Crippen LogP contribution in [-0.4, -0.2) is 78.0 Å². The zero-order chi connectivity index (χ0) is 40.1. The van der Waals surface area contributed by atoms with E-state index in [1.54, 1.807) is 12.1 Å². The molecule has 0 aliphatic carbocycles. The molecule has 0 saturated carbocycles. The molecule has 10 nitrogen and oxygen atoms in total. The molecule has 14 heteroatoms. The Bertz CT molecular complexity index is 2820. The van der Waals surface area contributed by atoms with E-state index < -0.39 is 0 Å². The molecular formula is C44H44F2N10S2. The van der Waals surface area contributed by atoms with Crippen LogP contribution in [0.25, 0.3) is 63.4 Å². The van der Waals surface area contributed by atoms with Crippen molar-refractivity contribution in [1.82, 2.24) is 50.5 Å². The molecule has 0 unspecified atom stereocenters. The van der Waals surface area contributed by atoms with E-state index in [0.717, 1.165) is 134 Å². The molecule has 0 bridgehead atoms. The minimum atomic E-state index is -0.275. The normalized spacial score (nSPS) is 15.8. The molecule has 0 amide bonds. The van der Waals surface area contributed by atoms with Crippen LogP contribution in [0.1, 0.15) is 78.6 Å². The molecular weight excluding hydrogens is 771 g/mol. The summed E-state index contributed by atoms with van der Waals surface area (Å²) >= 11 is 3.07. The summed E-state index contributed by atoms with van der Waals surface area (Å²) in [4.78, 5) is 20.9. The molecule has 8 aromatic rings. The van der Waals surface area contributed by atoms with E-state index in [4.69, 9.17) is 9.97 Å². The number of aromatic nitrogens is 8. The Morgan fingerprint density at radius 3 is 1.52 bits per heavy atom. The fourth-order valence-corrected chi connectivity index (χ4v) is 10.2. The first-order chi connectivity index (χ1) is 28.1. The largest absolute Gasteiger partial charge is 0.317 e. The van der Waals surface area contributed by atoms with Gasteiger partial charge in [-0.25, -0.2) is 18.7 Å². The van der Waals surface area contributed by atoms with Crippen LogP contribution in [-0.2, 0) is 0 Å². The van der Waals surface area contributed by atoms with Gasteiger partial charge in [-0.2, -0.15) is 20.4 Å². The van der Waals surface area contributed by atoms with Crippen molar-refractivity contribution in [2.75, 3.05) is 32.7 Å². The number of pyridine rings is 2. The lowest BCUT2D eigenvalue weighted by molar-refractivity contribution is 0.220. The summed E-state index contributed by atoms with van der Waals surface area (Å²) in [6, 6.07) is 14.6. The lowest BCUT2D eigenvalue weighted by atomic mass is 9.92. The van der Waals surface area contributed by atoms with Crippen LogP contribution in [0, 0.1) is 39.3 Å². The Labute approximate surface area is 343 Å².